The van der Waals surface area contributed by atoms with E-state index in [1.807, 2.05) is 11.0 Å². The Morgan fingerprint density at radius 1 is 1.00 bits per heavy atom. The van der Waals surface area contributed by atoms with E-state index in [0.717, 1.165) is 11.9 Å². The number of ether oxygens (including phenoxy) is 1. The van der Waals surface area contributed by atoms with Gasteiger partial charge in [-0.15, -0.1) is 0 Å². The number of rotatable bonds is 7. The Hall–Kier alpha value is -3.30. The summed E-state index contributed by atoms with van der Waals surface area (Å²) in [6.45, 7) is 2.62. The van der Waals surface area contributed by atoms with Gasteiger partial charge in [-0.25, -0.2) is 4.98 Å². The molecule has 35 heavy (non-hydrogen) atoms. The number of aromatic nitrogens is 1. The molecule has 1 aliphatic heterocycles. The van der Waals surface area contributed by atoms with Crippen LogP contribution in [-0.2, 0) is 17.5 Å². The fourth-order valence-electron chi connectivity index (χ4n) is 3.83. The third-order valence-electron chi connectivity index (χ3n) is 5.63. The molecular weight excluding hydrogens is 481 g/mol. The lowest BCUT2D eigenvalue weighted by molar-refractivity contribution is -0.138. The van der Waals surface area contributed by atoms with Gasteiger partial charge in [0, 0.05) is 37.7 Å². The number of benzene rings is 2. The minimum Gasteiger partial charge on any atom is -0.484 e. The van der Waals surface area contributed by atoms with Crippen molar-refractivity contribution in [2.75, 3.05) is 43.0 Å². The molecule has 1 aliphatic rings. The van der Waals surface area contributed by atoms with Gasteiger partial charge in [0.05, 0.1) is 17.4 Å². The number of pyridine rings is 1. The van der Waals surface area contributed by atoms with Crippen molar-refractivity contribution in [1.82, 2.24) is 9.88 Å². The molecule has 3 aromatic rings. The van der Waals surface area contributed by atoms with E-state index in [1.165, 1.54) is 12.1 Å². The highest BCUT2D eigenvalue weighted by Crippen LogP contribution is 2.32. The monoisotopic (exact) mass is 504 g/mol. The number of carbonyl (C=O) groups is 1. The molecule has 0 radical (unpaired) electrons. The molecule has 2 heterocycles. The summed E-state index contributed by atoms with van der Waals surface area (Å²) in [5, 5.41) is 3.32. The number of alkyl halides is 3. The molecule has 2 aromatic carbocycles. The highest BCUT2D eigenvalue weighted by atomic mass is 35.5. The van der Waals surface area contributed by atoms with Gasteiger partial charge in [-0.3, -0.25) is 9.69 Å². The standard InChI is InChI=1S/C25H24ClF3N4O2/c26-19-5-8-21(9-6-19)35-17-24(34)31-20-7-10-23(30-15-20)33-13-11-32(12-14-33)16-18-3-1-2-4-22(18)25(27,28)29/h1-10,15H,11-14,16-17H2,(H,31,34). The van der Waals surface area contributed by atoms with Gasteiger partial charge in [0.15, 0.2) is 6.61 Å². The number of anilines is 2. The van der Waals surface area contributed by atoms with E-state index in [2.05, 4.69) is 15.2 Å². The molecule has 1 fully saturated rings. The second kappa shape index (κ2) is 11.0. The molecule has 0 aliphatic carbocycles. The number of hydrogen-bond acceptors (Lipinski definition) is 5. The molecule has 0 bridgehead atoms. The van der Waals surface area contributed by atoms with Gasteiger partial charge in [0.25, 0.3) is 5.91 Å². The third-order valence-corrected chi connectivity index (χ3v) is 5.88. The first-order chi connectivity index (χ1) is 16.8. The maximum atomic E-state index is 13.3. The minimum absolute atomic E-state index is 0.150. The molecule has 0 saturated carbocycles. The number of nitrogens with zero attached hydrogens (tertiary/aromatic N) is 3. The summed E-state index contributed by atoms with van der Waals surface area (Å²) in [7, 11) is 0. The zero-order chi connectivity index (χ0) is 24.8. The predicted molar refractivity (Wildman–Crippen MR) is 129 cm³/mol. The Morgan fingerprint density at radius 3 is 2.37 bits per heavy atom. The number of amides is 1. The Balaban J connectivity index is 1.25. The Labute approximate surface area is 206 Å². The van der Waals surface area contributed by atoms with E-state index in [0.29, 0.717) is 42.6 Å². The average molecular weight is 505 g/mol. The Kier molecular flexibility index (Phi) is 7.77. The summed E-state index contributed by atoms with van der Waals surface area (Å²) >= 11 is 5.83. The lowest BCUT2D eigenvalue weighted by atomic mass is 10.1. The predicted octanol–water partition coefficient (Wildman–Crippen LogP) is 5.09. The molecule has 1 aromatic heterocycles. The van der Waals surface area contributed by atoms with Gasteiger partial charge in [0.2, 0.25) is 0 Å². The van der Waals surface area contributed by atoms with Crippen molar-refractivity contribution in [3.63, 3.8) is 0 Å². The van der Waals surface area contributed by atoms with Crippen LogP contribution in [0.25, 0.3) is 0 Å². The van der Waals surface area contributed by atoms with Crippen LogP contribution >= 0.6 is 11.6 Å². The fourth-order valence-corrected chi connectivity index (χ4v) is 3.96. The van der Waals surface area contributed by atoms with E-state index >= 15 is 0 Å². The third kappa shape index (κ3) is 6.86. The molecule has 184 valence electrons. The molecule has 10 heteroatoms. The maximum Gasteiger partial charge on any atom is 0.416 e. The lowest BCUT2D eigenvalue weighted by Crippen LogP contribution is -2.46. The van der Waals surface area contributed by atoms with E-state index < -0.39 is 11.7 Å². The summed E-state index contributed by atoms with van der Waals surface area (Å²) in [6, 6.07) is 16.0. The molecule has 0 unspecified atom stereocenters. The maximum absolute atomic E-state index is 13.3. The highest BCUT2D eigenvalue weighted by Gasteiger charge is 2.33. The van der Waals surface area contributed by atoms with E-state index in [1.54, 1.807) is 42.6 Å². The van der Waals surface area contributed by atoms with Gasteiger partial charge >= 0.3 is 6.18 Å². The first-order valence-corrected chi connectivity index (χ1v) is 11.4. The summed E-state index contributed by atoms with van der Waals surface area (Å²) in [5.41, 5.74) is 0.243. The Bertz CT molecular complexity index is 1130. The van der Waals surface area contributed by atoms with Crippen LogP contribution in [0.1, 0.15) is 11.1 Å². The van der Waals surface area contributed by atoms with Crippen LogP contribution in [0.15, 0.2) is 66.9 Å². The molecule has 1 amide bonds. The summed E-state index contributed by atoms with van der Waals surface area (Å²) in [4.78, 5) is 20.6. The van der Waals surface area contributed by atoms with Crippen LogP contribution in [0, 0.1) is 0 Å². The van der Waals surface area contributed by atoms with Crippen LogP contribution in [0.4, 0.5) is 24.7 Å². The normalized spacial score (nSPS) is 14.6. The first-order valence-electron chi connectivity index (χ1n) is 11.0. The second-order valence-electron chi connectivity index (χ2n) is 8.11. The number of hydrogen-bond donors (Lipinski definition) is 1. The van der Waals surface area contributed by atoms with Crippen molar-refractivity contribution in [1.29, 1.82) is 0 Å². The molecule has 6 nitrogen and oxygen atoms in total. The second-order valence-corrected chi connectivity index (χ2v) is 8.55. The van der Waals surface area contributed by atoms with Crippen molar-refractivity contribution in [3.05, 3.63) is 83.0 Å². The first kappa shape index (κ1) is 24.8. The lowest BCUT2D eigenvalue weighted by Gasteiger charge is -2.35. The smallest absolute Gasteiger partial charge is 0.416 e. The summed E-state index contributed by atoms with van der Waals surface area (Å²) < 4.78 is 45.2. The van der Waals surface area contributed by atoms with Crippen LogP contribution in [0.3, 0.4) is 0 Å². The average Bonchev–Trinajstić information content (AvgIpc) is 2.84. The van der Waals surface area contributed by atoms with Crippen LogP contribution in [0.2, 0.25) is 5.02 Å². The molecule has 1 saturated heterocycles. The van der Waals surface area contributed by atoms with Crippen molar-refractivity contribution in [3.8, 4) is 5.75 Å². The summed E-state index contributed by atoms with van der Waals surface area (Å²) in [6.07, 6.45) is -2.79. The van der Waals surface area contributed by atoms with Crippen molar-refractivity contribution >= 4 is 29.0 Å². The fraction of sp³-hybridized carbons (Fsp3) is 0.280. The number of piperazine rings is 1. The zero-order valence-electron chi connectivity index (χ0n) is 18.8. The molecule has 0 spiro atoms. The quantitative estimate of drug-likeness (QED) is 0.485. The van der Waals surface area contributed by atoms with Gasteiger partial charge in [0.1, 0.15) is 11.6 Å². The SMILES string of the molecule is O=C(COc1ccc(Cl)cc1)Nc1ccc(N2CCN(Cc3ccccc3C(F)(F)F)CC2)nc1. The molecule has 4 rings (SSSR count). The number of carbonyl (C=O) groups excluding carboxylic acids is 1. The summed E-state index contributed by atoms with van der Waals surface area (Å²) in [5.74, 6) is 0.970. The number of nitrogens with one attached hydrogen (secondary N) is 1. The van der Waals surface area contributed by atoms with Crippen LogP contribution in [0.5, 0.6) is 5.75 Å². The van der Waals surface area contributed by atoms with Gasteiger partial charge in [-0.05, 0) is 48.0 Å². The number of halogens is 4. The van der Waals surface area contributed by atoms with Crippen molar-refractivity contribution < 1.29 is 22.7 Å². The topological polar surface area (TPSA) is 57.7 Å². The van der Waals surface area contributed by atoms with E-state index in [4.69, 9.17) is 16.3 Å². The van der Waals surface area contributed by atoms with Gasteiger partial charge < -0.3 is 15.0 Å². The van der Waals surface area contributed by atoms with E-state index in [9.17, 15) is 18.0 Å². The highest BCUT2D eigenvalue weighted by molar-refractivity contribution is 6.30. The minimum atomic E-state index is -4.36. The largest absolute Gasteiger partial charge is 0.484 e. The van der Waals surface area contributed by atoms with Crippen molar-refractivity contribution in [2.45, 2.75) is 12.7 Å². The molecular formula is C25H24ClF3N4O2. The Morgan fingerprint density at radius 2 is 1.71 bits per heavy atom. The van der Waals surface area contributed by atoms with Crippen LogP contribution in [-0.4, -0.2) is 48.6 Å². The van der Waals surface area contributed by atoms with E-state index in [-0.39, 0.29) is 24.6 Å². The molecule has 1 N–H and O–H groups in total. The zero-order valence-corrected chi connectivity index (χ0v) is 19.5. The van der Waals surface area contributed by atoms with Gasteiger partial charge in [-0.1, -0.05) is 29.8 Å². The molecule has 0 atom stereocenters. The van der Waals surface area contributed by atoms with Crippen LogP contribution < -0.4 is 15.0 Å². The van der Waals surface area contributed by atoms with Crippen molar-refractivity contribution in [2.24, 2.45) is 0 Å². The van der Waals surface area contributed by atoms with Gasteiger partial charge in [-0.2, -0.15) is 13.2 Å².